The van der Waals surface area contributed by atoms with Gasteiger partial charge in [-0.2, -0.15) is 13.2 Å². The monoisotopic (exact) mass is 256 g/mol. The lowest BCUT2D eigenvalue weighted by molar-refractivity contribution is -0.243. The molecule has 0 aliphatic carbocycles. The molecular weight excluding hydrogens is 237 g/mol. The van der Waals surface area contributed by atoms with Gasteiger partial charge < -0.3 is 14.6 Å². The Balaban J connectivity index is 5.40. The molecule has 0 heterocycles. The third-order valence-electron chi connectivity index (χ3n) is 3.38. The number of methoxy groups -OCH3 is 1. The van der Waals surface area contributed by atoms with E-state index in [2.05, 4.69) is 0 Å². The molecule has 4 atom stereocenters. The van der Waals surface area contributed by atoms with Gasteiger partial charge in [-0.1, -0.05) is 13.8 Å². The Morgan fingerprint density at radius 1 is 1.35 bits per heavy atom. The summed E-state index contributed by atoms with van der Waals surface area (Å²) in [5.41, 5.74) is -2.48. The van der Waals surface area contributed by atoms with Crippen LogP contribution in [-0.4, -0.2) is 36.9 Å². The van der Waals surface area contributed by atoms with Crippen molar-refractivity contribution < 1.29 is 27.8 Å². The minimum absolute atomic E-state index is 0.0773. The number of hydrogen-bond acceptors (Lipinski definition) is 3. The van der Waals surface area contributed by atoms with E-state index < -0.39 is 29.7 Å². The van der Waals surface area contributed by atoms with Crippen LogP contribution in [0.25, 0.3) is 0 Å². The molecule has 6 heteroatoms. The fourth-order valence-electron chi connectivity index (χ4n) is 2.15. The summed E-state index contributed by atoms with van der Waals surface area (Å²) in [4.78, 5) is 10.9. The number of alkyl halides is 3. The topological polar surface area (TPSA) is 46.5 Å². The summed E-state index contributed by atoms with van der Waals surface area (Å²) in [6, 6.07) is 0. The van der Waals surface area contributed by atoms with Crippen molar-refractivity contribution in [2.75, 3.05) is 7.11 Å². The minimum Gasteiger partial charge on any atom is -0.391 e. The normalized spacial score (nSPS) is 21.4. The first-order chi connectivity index (χ1) is 7.67. The van der Waals surface area contributed by atoms with Gasteiger partial charge in [-0.25, -0.2) is 0 Å². The highest BCUT2D eigenvalue weighted by atomic mass is 19.4. The number of carbonyl (C=O) groups is 1. The zero-order chi connectivity index (χ0) is 13.9. The number of aliphatic hydroxyl groups excluding tert-OH is 1. The number of ether oxygens (including phenoxy) is 1. The van der Waals surface area contributed by atoms with Crippen LogP contribution in [0.4, 0.5) is 13.2 Å². The van der Waals surface area contributed by atoms with Gasteiger partial charge in [0.05, 0.1) is 12.2 Å². The van der Waals surface area contributed by atoms with Gasteiger partial charge >= 0.3 is 6.18 Å². The van der Waals surface area contributed by atoms with Crippen LogP contribution in [0, 0.1) is 11.3 Å². The molecule has 0 rings (SSSR count). The third-order valence-corrected chi connectivity index (χ3v) is 3.38. The quantitative estimate of drug-likeness (QED) is 0.741. The van der Waals surface area contributed by atoms with Crippen molar-refractivity contribution in [2.24, 2.45) is 11.3 Å². The number of carbonyl (C=O) groups excluding carboxylic acids is 1. The second-order valence-corrected chi connectivity index (χ2v) is 4.24. The van der Waals surface area contributed by atoms with Crippen molar-refractivity contribution in [3.63, 3.8) is 0 Å². The van der Waals surface area contributed by atoms with E-state index >= 15 is 0 Å². The molecule has 0 spiro atoms. The van der Waals surface area contributed by atoms with Crippen molar-refractivity contribution in [3.8, 4) is 0 Å². The Morgan fingerprint density at radius 2 is 1.82 bits per heavy atom. The van der Waals surface area contributed by atoms with E-state index in [1.54, 1.807) is 0 Å². The molecule has 1 N–H and O–H groups in total. The fourth-order valence-corrected chi connectivity index (χ4v) is 2.15. The molecule has 0 aliphatic rings. The molecule has 0 aliphatic heterocycles. The van der Waals surface area contributed by atoms with Crippen molar-refractivity contribution in [2.45, 2.75) is 45.6 Å². The summed E-state index contributed by atoms with van der Waals surface area (Å²) in [5, 5.41) is 9.39. The van der Waals surface area contributed by atoms with Crippen molar-refractivity contribution in [3.05, 3.63) is 0 Å². The first-order valence-corrected chi connectivity index (χ1v) is 5.41. The average Bonchev–Trinajstić information content (AvgIpc) is 2.18. The highest BCUT2D eigenvalue weighted by Gasteiger charge is 2.59. The Bertz CT molecular complexity index is 253. The van der Waals surface area contributed by atoms with Gasteiger partial charge in [-0.15, -0.1) is 0 Å². The molecule has 0 bridgehead atoms. The third kappa shape index (κ3) is 2.98. The van der Waals surface area contributed by atoms with Crippen LogP contribution >= 0.6 is 0 Å². The Hall–Kier alpha value is -0.620. The van der Waals surface area contributed by atoms with Gasteiger partial charge in [0.25, 0.3) is 0 Å². The largest absolute Gasteiger partial charge is 0.401 e. The summed E-state index contributed by atoms with van der Waals surface area (Å²) in [6.07, 6.45) is -7.24. The standard InChI is InChI=1S/C11H19F3O3/c1-5-10(6-15,11(12,13)14)7(2)9(17-4)8(3)16/h6-9,16H,5H2,1-4H3/t7?,8?,9?,10-/m0/s1. The molecule has 3 nitrogen and oxygen atoms in total. The van der Waals surface area contributed by atoms with Crippen LogP contribution in [0.5, 0.6) is 0 Å². The molecule has 0 aromatic carbocycles. The van der Waals surface area contributed by atoms with Gasteiger partial charge in [-0.05, 0) is 13.3 Å². The van der Waals surface area contributed by atoms with Crippen molar-refractivity contribution >= 4 is 6.29 Å². The summed E-state index contributed by atoms with van der Waals surface area (Å²) in [5.74, 6) is -1.16. The Kier molecular flexibility index (Phi) is 5.61. The molecule has 0 aromatic rings. The van der Waals surface area contributed by atoms with Crippen LogP contribution < -0.4 is 0 Å². The molecule has 3 unspecified atom stereocenters. The maximum atomic E-state index is 13.0. The number of aldehydes is 1. The van der Waals surface area contributed by atoms with Crippen LogP contribution in [0.1, 0.15) is 27.2 Å². The van der Waals surface area contributed by atoms with Crippen LogP contribution in [-0.2, 0) is 9.53 Å². The number of halogens is 3. The lowest BCUT2D eigenvalue weighted by Gasteiger charge is -2.39. The fraction of sp³-hybridized carbons (Fsp3) is 0.909. The Morgan fingerprint density at radius 3 is 2.00 bits per heavy atom. The van der Waals surface area contributed by atoms with Gasteiger partial charge in [0.2, 0.25) is 0 Å². The summed E-state index contributed by atoms with van der Waals surface area (Å²) in [7, 11) is 1.22. The lowest BCUT2D eigenvalue weighted by Crippen LogP contribution is -2.51. The zero-order valence-electron chi connectivity index (χ0n) is 10.4. The van der Waals surface area contributed by atoms with E-state index in [-0.39, 0.29) is 12.7 Å². The van der Waals surface area contributed by atoms with Crippen LogP contribution in [0.15, 0.2) is 0 Å². The number of aliphatic hydroxyl groups is 1. The summed E-state index contributed by atoms with van der Waals surface area (Å²) >= 11 is 0. The SMILES string of the molecule is CC[C@](C=O)(C(C)C(OC)C(C)O)C(F)(F)F. The zero-order valence-corrected chi connectivity index (χ0v) is 10.4. The molecule has 0 aromatic heterocycles. The van der Waals surface area contributed by atoms with E-state index in [4.69, 9.17) is 4.74 Å². The summed E-state index contributed by atoms with van der Waals surface area (Å²) < 4.78 is 43.9. The molecule has 17 heavy (non-hydrogen) atoms. The van der Waals surface area contributed by atoms with Crippen molar-refractivity contribution in [1.29, 1.82) is 0 Å². The van der Waals surface area contributed by atoms with E-state index in [0.29, 0.717) is 0 Å². The van der Waals surface area contributed by atoms with Gasteiger partial charge in [0.15, 0.2) is 0 Å². The van der Waals surface area contributed by atoms with E-state index in [1.165, 1.54) is 27.9 Å². The molecule has 0 saturated carbocycles. The van der Waals surface area contributed by atoms with E-state index in [1.807, 2.05) is 0 Å². The highest BCUT2D eigenvalue weighted by Crippen LogP contribution is 2.47. The van der Waals surface area contributed by atoms with Crippen molar-refractivity contribution in [1.82, 2.24) is 0 Å². The number of rotatable bonds is 6. The molecule has 0 saturated heterocycles. The van der Waals surface area contributed by atoms with Crippen LogP contribution in [0.3, 0.4) is 0 Å². The maximum absolute atomic E-state index is 13.0. The van der Waals surface area contributed by atoms with E-state index in [0.717, 1.165) is 0 Å². The molecular formula is C11H19F3O3. The van der Waals surface area contributed by atoms with Gasteiger partial charge in [0, 0.05) is 13.0 Å². The lowest BCUT2D eigenvalue weighted by atomic mass is 9.71. The predicted octanol–water partition coefficient (Wildman–Crippen LogP) is 2.18. The Labute approximate surface area is 99.0 Å². The van der Waals surface area contributed by atoms with Crippen LogP contribution in [0.2, 0.25) is 0 Å². The first-order valence-electron chi connectivity index (χ1n) is 5.41. The molecule has 0 fully saturated rings. The smallest absolute Gasteiger partial charge is 0.391 e. The van der Waals surface area contributed by atoms with Gasteiger partial charge in [-0.3, -0.25) is 0 Å². The minimum atomic E-state index is -4.66. The maximum Gasteiger partial charge on any atom is 0.401 e. The summed E-state index contributed by atoms with van der Waals surface area (Å²) in [6.45, 7) is 3.91. The number of hydrogen-bond donors (Lipinski definition) is 1. The highest BCUT2D eigenvalue weighted by molar-refractivity contribution is 5.61. The molecule has 102 valence electrons. The average molecular weight is 256 g/mol. The predicted molar refractivity (Wildman–Crippen MR) is 56.5 cm³/mol. The van der Waals surface area contributed by atoms with Gasteiger partial charge in [0.1, 0.15) is 11.7 Å². The van der Waals surface area contributed by atoms with E-state index in [9.17, 15) is 23.1 Å². The first kappa shape index (κ1) is 16.4. The molecule has 0 radical (unpaired) electrons. The molecule has 0 amide bonds. The second-order valence-electron chi connectivity index (χ2n) is 4.24. The second kappa shape index (κ2) is 5.82.